The van der Waals surface area contributed by atoms with Crippen LogP contribution in [0.1, 0.15) is 63.1 Å². The Kier molecular flexibility index (Phi) is 12.0. The standard InChI is InChI=1S/C27H33ClN2O5.C4H4O4/c1-16-13-18(14-17(2)25(16)33-3)23(31)5-4-9-30-10-6-19(7-11-30)35-27(32)21-15-22(28)24(29)20-8-12-34-26(20)21;5-3(6)1-2-4(7)8/h13-15,19H,4-12,29H2,1-3H3;1-2H,(H,5,6)(H,7,8)/b;2-1+. The molecule has 12 heteroatoms. The highest BCUT2D eigenvalue weighted by molar-refractivity contribution is 6.33. The van der Waals surface area contributed by atoms with Gasteiger partial charge in [0.15, 0.2) is 5.78 Å². The maximum absolute atomic E-state index is 12.8. The van der Waals surface area contributed by atoms with Crippen LogP contribution in [0.5, 0.6) is 11.5 Å². The van der Waals surface area contributed by atoms with Crippen LogP contribution in [0.25, 0.3) is 0 Å². The number of nitrogens with zero attached hydrogens (tertiary/aromatic N) is 1. The average Bonchev–Trinajstić information content (AvgIpc) is 3.45. The highest BCUT2D eigenvalue weighted by Gasteiger charge is 2.29. The van der Waals surface area contributed by atoms with Gasteiger partial charge in [-0.1, -0.05) is 11.6 Å². The minimum Gasteiger partial charge on any atom is -0.496 e. The zero-order valence-corrected chi connectivity index (χ0v) is 25.2. The lowest BCUT2D eigenvalue weighted by molar-refractivity contribution is -0.134. The van der Waals surface area contributed by atoms with Crippen molar-refractivity contribution in [3.05, 3.63) is 63.2 Å². The van der Waals surface area contributed by atoms with Crippen LogP contribution in [0.3, 0.4) is 0 Å². The van der Waals surface area contributed by atoms with Gasteiger partial charge in [-0.3, -0.25) is 4.79 Å². The van der Waals surface area contributed by atoms with Crippen molar-refractivity contribution in [2.24, 2.45) is 0 Å². The number of nitrogen functional groups attached to an aromatic ring is 1. The Morgan fingerprint density at radius 3 is 2.23 bits per heavy atom. The number of aliphatic carboxylic acids is 2. The lowest BCUT2D eigenvalue weighted by Crippen LogP contribution is -2.38. The average molecular weight is 617 g/mol. The van der Waals surface area contributed by atoms with E-state index in [-0.39, 0.29) is 11.9 Å². The number of carbonyl (C=O) groups is 4. The van der Waals surface area contributed by atoms with Crippen LogP contribution in [-0.4, -0.2) is 78.3 Å². The number of likely N-dealkylation sites (tertiary alicyclic amines) is 1. The number of ketones is 1. The Labute approximate surface area is 255 Å². The molecule has 0 bridgehead atoms. The first-order chi connectivity index (χ1) is 20.4. The molecule has 2 aliphatic heterocycles. The second kappa shape index (κ2) is 15.4. The zero-order chi connectivity index (χ0) is 31.7. The molecule has 1 saturated heterocycles. The largest absolute Gasteiger partial charge is 0.496 e. The topological polar surface area (TPSA) is 166 Å². The predicted molar refractivity (Wildman–Crippen MR) is 160 cm³/mol. The quantitative estimate of drug-likeness (QED) is 0.149. The van der Waals surface area contributed by atoms with Gasteiger partial charge in [0.05, 0.1) is 24.4 Å². The molecule has 232 valence electrons. The predicted octanol–water partition coefficient (Wildman–Crippen LogP) is 4.48. The molecule has 0 aliphatic carbocycles. The van der Waals surface area contributed by atoms with Crippen molar-refractivity contribution in [2.75, 3.05) is 39.1 Å². The number of halogens is 1. The van der Waals surface area contributed by atoms with Crippen LogP contribution >= 0.6 is 11.6 Å². The summed E-state index contributed by atoms with van der Waals surface area (Å²) < 4.78 is 16.8. The Bertz CT molecular complexity index is 1360. The van der Waals surface area contributed by atoms with E-state index in [2.05, 4.69) is 4.90 Å². The van der Waals surface area contributed by atoms with Gasteiger partial charge >= 0.3 is 17.9 Å². The number of hydrogen-bond donors (Lipinski definition) is 3. The van der Waals surface area contributed by atoms with Crippen LogP contribution in [0.4, 0.5) is 5.69 Å². The van der Waals surface area contributed by atoms with Crippen molar-refractivity contribution in [1.29, 1.82) is 0 Å². The molecule has 0 amide bonds. The van der Waals surface area contributed by atoms with Gasteiger partial charge in [-0.15, -0.1) is 0 Å². The number of anilines is 1. The number of aryl methyl sites for hydroxylation is 2. The molecular weight excluding hydrogens is 580 g/mol. The number of methoxy groups -OCH3 is 1. The molecule has 11 nitrogen and oxygen atoms in total. The summed E-state index contributed by atoms with van der Waals surface area (Å²) in [6, 6.07) is 5.35. The van der Waals surface area contributed by atoms with Gasteiger partial charge in [-0.2, -0.15) is 0 Å². The second-order valence-electron chi connectivity index (χ2n) is 10.4. The molecule has 2 aromatic rings. The fraction of sp³-hybridized carbons (Fsp3) is 0.419. The number of Topliss-reactive ketones (excluding diaryl/α,β-unsaturated/α-hetero) is 1. The fourth-order valence-corrected chi connectivity index (χ4v) is 5.39. The minimum atomic E-state index is -1.26. The minimum absolute atomic E-state index is 0.152. The maximum Gasteiger partial charge on any atom is 0.342 e. The lowest BCUT2D eigenvalue weighted by atomic mass is 10.00. The summed E-state index contributed by atoms with van der Waals surface area (Å²) in [5.41, 5.74) is 10.3. The van der Waals surface area contributed by atoms with E-state index in [1.165, 1.54) is 0 Å². The van der Waals surface area contributed by atoms with Crippen LogP contribution in [-0.2, 0) is 20.7 Å². The second-order valence-corrected chi connectivity index (χ2v) is 10.8. The van der Waals surface area contributed by atoms with Crippen LogP contribution in [0.2, 0.25) is 5.02 Å². The Balaban J connectivity index is 0.000000557. The third-order valence-electron chi connectivity index (χ3n) is 7.23. The summed E-state index contributed by atoms with van der Waals surface area (Å²) in [6.07, 6.45) is 4.40. The van der Waals surface area contributed by atoms with Crippen molar-refractivity contribution >= 4 is 41.0 Å². The monoisotopic (exact) mass is 616 g/mol. The summed E-state index contributed by atoms with van der Waals surface area (Å²) in [4.78, 5) is 46.9. The number of benzene rings is 2. The summed E-state index contributed by atoms with van der Waals surface area (Å²) >= 11 is 6.22. The van der Waals surface area contributed by atoms with Crippen molar-refractivity contribution < 1.29 is 43.6 Å². The summed E-state index contributed by atoms with van der Waals surface area (Å²) in [7, 11) is 1.65. The zero-order valence-electron chi connectivity index (χ0n) is 24.5. The number of piperidine rings is 1. The summed E-state index contributed by atoms with van der Waals surface area (Å²) in [5.74, 6) is -1.44. The van der Waals surface area contributed by atoms with Crippen LogP contribution < -0.4 is 15.2 Å². The molecule has 4 rings (SSSR count). The highest BCUT2D eigenvalue weighted by atomic mass is 35.5. The fourth-order valence-electron chi connectivity index (χ4n) is 5.17. The van der Waals surface area contributed by atoms with Gasteiger partial charge in [0.25, 0.3) is 0 Å². The van der Waals surface area contributed by atoms with Crippen molar-refractivity contribution in [1.82, 2.24) is 4.90 Å². The van der Waals surface area contributed by atoms with Crippen LogP contribution in [0.15, 0.2) is 30.4 Å². The van der Waals surface area contributed by atoms with Gasteiger partial charge in [-0.25, -0.2) is 14.4 Å². The maximum atomic E-state index is 12.8. The number of carboxylic acids is 2. The van der Waals surface area contributed by atoms with E-state index in [0.29, 0.717) is 53.6 Å². The highest BCUT2D eigenvalue weighted by Crippen LogP contribution is 2.39. The molecule has 0 aromatic heterocycles. The molecule has 1 fully saturated rings. The number of carboxylic acid groups (broad SMARTS) is 2. The molecule has 0 unspecified atom stereocenters. The van der Waals surface area contributed by atoms with E-state index in [0.717, 1.165) is 66.9 Å². The molecule has 0 spiro atoms. The number of rotatable bonds is 10. The number of ether oxygens (including phenoxy) is 3. The van der Waals surface area contributed by atoms with Gasteiger partial charge in [0.1, 0.15) is 23.2 Å². The number of fused-ring (bicyclic) bond motifs is 1. The Morgan fingerprint density at radius 2 is 1.67 bits per heavy atom. The lowest BCUT2D eigenvalue weighted by Gasteiger charge is -2.31. The first-order valence-electron chi connectivity index (χ1n) is 13.9. The third-order valence-corrected chi connectivity index (χ3v) is 7.54. The number of esters is 1. The molecule has 0 radical (unpaired) electrons. The van der Waals surface area contributed by atoms with E-state index >= 15 is 0 Å². The van der Waals surface area contributed by atoms with Crippen molar-refractivity contribution in [3.63, 3.8) is 0 Å². The molecule has 0 saturated carbocycles. The molecule has 43 heavy (non-hydrogen) atoms. The molecule has 2 heterocycles. The van der Waals surface area contributed by atoms with Gasteiger partial charge < -0.3 is 35.1 Å². The van der Waals surface area contributed by atoms with E-state index in [1.54, 1.807) is 13.2 Å². The normalized spacial score (nSPS) is 14.8. The van der Waals surface area contributed by atoms with E-state index in [4.69, 9.17) is 41.8 Å². The van der Waals surface area contributed by atoms with Crippen molar-refractivity contribution in [2.45, 2.75) is 52.1 Å². The Morgan fingerprint density at radius 1 is 1.07 bits per heavy atom. The number of carbonyl (C=O) groups excluding carboxylic acids is 2. The number of nitrogens with two attached hydrogens (primary N) is 1. The third kappa shape index (κ3) is 9.20. The molecule has 2 aromatic carbocycles. The van der Waals surface area contributed by atoms with Gasteiger partial charge in [0, 0.05) is 49.2 Å². The molecule has 2 aliphatic rings. The van der Waals surface area contributed by atoms with E-state index < -0.39 is 17.9 Å². The molecule has 0 atom stereocenters. The van der Waals surface area contributed by atoms with Crippen LogP contribution in [0, 0.1) is 13.8 Å². The molecule has 4 N–H and O–H groups in total. The van der Waals surface area contributed by atoms with Crippen molar-refractivity contribution in [3.8, 4) is 11.5 Å². The van der Waals surface area contributed by atoms with Gasteiger partial charge in [0.2, 0.25) is 0 Å². The number of hydrogen-bond acceptors (Lipinski definition) is 9. The van der Waals surface area contributed by atoms with E-state index in [9.17, 15) is 19.2 Å². The Hall–Kier alpha value is -4.09. The SMILES string of the molecule is COc1c(C)cc(C(=O)CCCN2CCC(OC(=O)c3cc(Cl)c(N)c4c3OCC4)CC2)cc1C.O=C(O)/C=C/C(=O)O. The smallest absolute Gasteiger partial charge is 0.342 e. The molecular formula is C31H37ClN2O9. The van der Waals surface area contributed by atoms with E-state index in [1.807, 2.05) is 26.0 Å². The first-order valence-corrected chi connectivity index (χ1v) is 14.3. The summed E-state index contributed by atoms with van der Waals surface area (Å²) in [5, 5.41) is 16.0. The summed E-state index contributed by atoms with van der Waals surface area (Å²) in [6.45, 7) is 6.89. The first kappa shape index (κ1) is 33.4. The van der Waals surface area contributed by atoms with Gasteiger partial charge in [-0.05, 0) is 69.0 Å².